The van der Waals surface area contributed by atoms with Crippen LogP contribution < -0.4 is 5.32 Å². The molecule has 2 saturated heterocycles. The molecule has 0 aromatic rings. The molecule has 7 nitrogen and oxygen atoms in total. The van der Waals surface area contributed by atoms with E-state index in [1.807, 2.05) is 0 Å². The van der Waals surface area contributed by atoms with Crippen molar-refractivity contribution in [2.75, 3.05) is 26.2 Å². The van der Waals surface area contributed by atoms with Gasteiger partial charge in [-0.15, -0.1) is 0 Å². The van der Waals surface area contributed by atoms with E-state index in [-0.39, 0.29) is 25.0 Å². The first-order valence-corrected chi connectivity index (χ1v) is 6.54. The number of carboxylic acids is 1. The second kappa shape index (κ2) is 5.46. The number of hydrogen-bond donors (Lipinski definition) is 2. The number of piperidine rings is 1. The van der Waals surface area contributed by atoms with Gasteiger partial charge in [-0.1, -0.05) is 6.92 Å². The molecule has 0 spiro atoms. The largest absolute Gasteiger partial charge is 0.480 e. The molecule has 3 amide bonds. The lowest BCUT2D eigenvalue weighted by molar-refractivity contribution is -0.144. The number of piperazine rings is 1. The number of nitrogens with zero attached hydrogens (tertiary/aromatic N) is 2. The van der Waals surface area contributed by atoms with Gasteiger partial charge in [0.2, 0.25) is 5.91 Å². The SMILES string of the molecule is CC1CCN(C(=O)N2CC(=O)NCC2C(=O)O)CC1. The second-order valence-electron chi connectivity index (χ2n) is 5.24. The predicted octanol–water partition coefficient (Wildman–Crippen LogP) is -0.277. The molecule has 0 saturated carbocycles. The number of amides is 3. The Morgan fingerprint density at radius 2 is 1.95 bits per heavy atom. The molecule has 7 heteroatoms. The Bertz CT molecular complexity index is 390. The summed E-state index contributed by atoms with van der Waals surface area (Å²) in [5, 5.41) is 11.6. The van der Waals surface area contributed by atoms with E-state index in [1.165, 1.54) is 0 Å². The topological polar surface area (TPSA) is 90.0 Å². The number of urea groups is 1. The Morgan fingerprint density at radius 1 is 1.32 bits per heavy atom. The monoisotopic (exact) mass is 269 g/mol. The van der Waals surface area contributed by atoms with Crippen LogP contribution in [0.2, 0.25) is 0 Å². The minimum atomic E-state index is -1.08. The molecule has 2 fully saturated rings. The lowest BCUT2D eigenvalue weighted by Crippen LogP contribution is -2.62. The zero-order chi connectivity index (χ0) is 14.0. The van der Waals surface area contributed by atoms with E-state index in [1.54, 1.807) is 4.90 Å². The molecule has 2 N–H and O–H groups in total. The lowest BCUT2D eigenvalue weighted by atomic mass is 9.99. The molecule has 0 radical (unpaired) electrons. The summed E-state index contributed by atoms with van der Waals surface area (Å²) in [5.74, 6) is -0.807. The molecule has 1 atom stereocenters. The van der Waals surface area contributed by atoms with Crippen LogP contribution in [0.3, 0.4) is 0 Å². The van der Waals surface area contributed by atoms with E-state index in [4.69, 9.17) is 5.11 Å². The number of carbonyl (C=O) groups excluding carboxylic acids is 2. The maximum atomic E-state index is 12.3. The van der Waals surface area contributed by atoms with Gasteiger partial charge in [-0.3, -0.25) is 9.69 Å². The smallest absolute Gasteiger partial charge is 0.328 e. The van der Waals surface area contributed by atoms with E-state index in [2.05, 4.69) is 12.2 Å². The Kier molecular flexibility index (Phi) is 3.92. The van der Waals surface area contributed by atoms with Crippen LogP contribution >= 0.6 is 0 Å². The molecule has 0 aliphatic carbocycles. The molecular weight excluding hydrogens is 250 g/mol. The van der Waals surface area contributed by atoms with Crippen LogP contribution in [0.25, 0.3) is 0 Å². The van der Waals surface area contributed by atoms with E-state index in [0.29, 0.717) is 19.0 Å². The Morgan fingerprint density at radius 3 is 2.53 bits per heavy atom. The van der Waals surface area contributed by atoms with Crippen molar-refractivity contribution in [2.24, 2.45) is 5.92 Å². The van der Waals surface area contributed by atoms with Crippen molar-refractivity contribution in [3.63, 3.8) is 0 Å². The third-order valence-corrected chi connectivity index (χ3v) is 3.77. The van der Waals surface area contributed by atoms with E-state index >= 15 is 0 Å². The molecule has 106 valence electrons. The number of carbonyl (C=O) groups is 3. The summed E-state index contributed by atoms with van der Waals surface area (Å²) in [6.45, 7) is 3.19. The molecule has 0 aromatic carbocycles. The van der Waals surface area contributed by atoms with Gasteiger partial charge in [0.15, 0.2) is 0 Å². The summed E-state index contributed by atoms with van der Waals surface area (Å²) >= 11 is 0. The van der Waals surface area contributed by atoms with Crippen LogP contribution in [0.1, 0.15) is 19.8 Å². The minimum absolute atomic E-state index is 0.0237. The molecule has 2 aliphatic heterocycles. The van der Waals surface area contributed by atoms with Gasteiger partial charge < -0.3 is 15.3 Å². The number of likely N-dealkylation sites (tertiary alicyclic amines) is 1. The molecule has 1 unspecified atom stereocenters. The van der Waals surface area contributed by atoms with Crippen LogP contribution in [0.4, 0.5) is 4.79 Å². The molecule has 0 bridgehead atoms. The van der Waals surface area contributed by atoms with Gasteiger partial charge in [0.05, 0.1) is 0 Å². The van der Waals surface area contributed by atoms with Crippen molar-refractivity contribution < 1.29 is 19.5 Å². The Hall–Kier alpha value is -1.79. The summed E-state index contributed by atoms with van der Waals surface area (Å²) in [6, 6.07) is -1.31. The van der Waals surface area contributed by atoms with Gasteiger partial charge >= 0.3 is 12.0 Å². The first-order chi connectivity index (χ1) is 8.99. The third kappa shape index (κ3) is 2.97. The van der Waals surface area contributed by atoms with Crippen molar-refractivity contribution in [1.82, 2.24) is 15.1 Å². The van der Waals surface area contributed by atoms with Gasteiger partial charge in [0, 0.05) is 19.6 Å². The average molecular weight is 269 g/mol. The highest BCUT2D eigenvalue weighted by Crippen LogP contribution is 2.18. The third-order valence-electron chi connectivity index (χ3n) is 3.77. The first-order valence-electron chi connectivity index (χ1n) is 6.54. The van der Waals surface area contributed by atoms with Gasteiger partial charge in [-0.05, 0) is 18.8 Å². The van der Waals surface area contributed by atoms with Gasteiger partial charge in [-0.25, -0.2) is 9.59 Å². The minimum Gasteiger partial charge on any atom is -0.480 e. The van der Waals surface area contributed by atoms with Crippen LogP contribution in [0, 0.1) is 5.92 Å². The quantitative estimate of drug-likeness (QED) is 0.685. The summed E-state index contributed by atoms with van der Waals surface area (Å²) in [5.41, 5.74) is 0. The van der Waals surface area contributed by atoms with Crippen molar-refractivity contribution >= 4 is 17.9 Å². The average Bonchev–Trinajstić information content (AvgIpc) is 2.38. The normalized spacial score (nSPS) is 25.1. The highest BCUT2D eigenvalue weighted by atomic mass is 16.4. The fourth-order valence-electron chi connectivity index (χ4n) is 2.44. The standard InChI is InChI=1S/C12H19N3O4/c1-8-2-4-14(5-3-8)12(19)15-7-10(16)13-6-9(15)11(17)18/h8-9H,2-7H2,1H3,(H,13,16)(H,17,18). The zero-order valence-corrected chi connectivity index (χ0v) is 11.0. The van der Waals surface area contributed by atoms with Crippen molar-refractivity contribution in [1.29, 1.82) is 0 Å². The molecule has 2 aliphatic rings. The van der Waals surface area contributed by atoms with Gasteiger partial charge in [-0.2, -0.15) is 0 Å². The van der Waals surface area contributed by atoms with Crippen LogP contribution in [-0.4, -0.2) is 65.0 Å². The number of hydrogen-bond acceptors (Lipinski definition) is 3. The van der Waals surface area contributed by atoms with Gasteiger partial charge in [0.25, 0.3) is 0 Å². The Balaban J connectivity index is 2.06. The highest BCUT2D eigenvalue weighted by Gasteiger charge is 2.37. The second-order valence-corrected chi connectivity index (χ2v) is 5.24. The first kappa shape index (κ1) is 13.6. The molecule has 0 aromatic heterocycles. The van der Waals surface area contributed by atoms with Crippen molar-refractivity contribution in [3.8, 4) is 0 Å². The lowest BCUT2D eigenvalue weighted by Gasteiger charge is -2.38. The predicted molar refractivity (Wildman–Crippen MR) is 66.5 cm³/mol. The molecule has 2 heterocycles. The van der Waals surface area contributed by atoms with Crippen molar-refractivity contribution in [2.45, 2.75) is 25.8 Å². The van der Waals surface area contributed by atoms with E-state index in [9.17, 15) is 14.4 Å². The summed E-state index contributed by atoms with van der Waals surface area (Å²) in [7, 11) is 0. The zero-order valence-electron chi connectivity index (χ0n) is 11.0. The Labute approximate surface area is 111 Å². The van der Waals surface area contributed by atoms with Crippen LogP contribution in [0.15, 0.2) is 0 Å². The van der Waals surface area contributed by atoms with Crippen LogP contribution in [-0.2, 0) is 9.59 Å². The number of aliphatic carboxylic acids is 1. The summed E-state index contributed by atoms with van der Waals surface area (Å²) in [4.78, 5) is 37.7. The maximum Gasteiger partial charge on any atom is 0.328 e. The maximum absolute atomic E-state index is 12.3. The molecular formula is C12H19N3O4. The number of nitrogens with one attached hydrogen (secondary N) is 1. The van der Waals surface area contributed by atoms with E-state index < -0.39 is 12.0 Å². The van der Waals surface area contributed by atoms with Crippen molar-refractivity contribution in [3.05, 3.63) is 0 Å². The molecule has 19 heavy (non-hydrogen) atoms. The van der Waals surface area contributed by atoms with E-state index in [0.717, 1.165) is 17.7 Å². The van der Waals surface area contributed by atoms with Crippen LogP contribution in [0.5, 0.6) is 0 Å². The molecule has 2 rings (SSSR count). The number of carboxylic acid groups (broad SMARTS) is 1. The summed E-state index contributed by atoms with van der Waals surface area (Å²) in [6.07, 6.45) is 1.84. The van der Waals surface area contributed by atoms with Gasteiger partial charge in [0.1, 0.15) is 12.6 Å². The summed E-state index contributed by atoms with van der Waals surface area (Å²) < 4.78 is 0. The highest BCUT2D eigenvalue weighted by molar-refractivity contribution is 5.90. The fraction of sp³-hybridized carbons (Fsp3) is 0.750. The number of rotatable bonds is 1. The fourth-order valence-corrected chi connectivity index (χ4v) is 2.44.